The first-order valence-electron chi connectivity index (χ1n) is 6.99. The number of rotatable bonds is 7. The Morgan fingerprint density at radius 1 is 1.30 bits per heavy atom. The van der Waals surface area contributed by atoms with Crippen molar-refractivity contribution in [1.29, 1.82) is 0 Å². The molecule has 1 unspecified atom stereocenters. The Bertz CT molecular complexity index is 412. The monoisotopic (exact) mass is 279 g/mol. The number of carbonyl (C=O) groups excluding carboxylic acids is 1. The van der Waals surface area contributed by atoms with Crippen LogP contribution in [0.4, 0.5) is 5.69 Å². The Hall–Kier alpha value is -1.75. The van der Waals surface area contributed by atoms with Gasteiger partial charge >= 0.3 is 5.97 Å². The zero-order chi connectivity index (χ0) is 14.2. The topological polar surface area (TPSA) is 70.8 Å². The van der Waals surface area contributed by atoms with Gasteiger partial charge in [0.15, 0.2) is 0 Å². The van der Waals surface area contributed by atoms with Crippen molar-refractivity contribution in [2.45, 2.75) is 31.8 Å². The van der Waals surface area contributed by atoms with Gasteiger partial charge in [0.2, 0.25) is 0 Å². The van der Waals surface area contributed by atoms with Crippen LogP contribution in [0.1, 0.15) is 25.7 Å². The van der Waals surface area contributed by atoms with Gasteiger partial charge in [0.05, 0.1) is 25.7 Å². The fourth-order valence-corrected chi connectivity index (χ4v) is 2.06. The minimum Gasteiger partial charge on any atom is -0.493 e. The summed E-state index contributed by atoms with van der Waals surface area (Å²) < 4.78 is 16.0. The Balaban J connectivity index is 1.54. The van der Waals surface area contributed by atoms with Crippen molar-refractivity contribution >= 4 is 11.7 Å². The van der Waals surface area contributed by atoms with Gasteiger partial charge in [0.25, 0.3) is 0 Å². The lowest BCUT2D eigenvalue weighted by Crippen LogP contribution is -2.14. The van der Waals surface area contributed by atoms with E-state index in [-0.39, 0.29) is 18.5 Å². The molecular formula is C15H21NO4. The van der Waals surface area contributed by atoms with Crippen molar-refractivity contribution in [2.75, 3.05) is 25.6 Å². The summed E-state index contributed by atoms with van der Waals surface area (Å²) in [4.78, 5) is 11.5. The van der Waals surface area contributed by atoms with E-state index >= 15 is 0 Å². The number of esters is 1. The first kappa shape index (κ1) is 14.7. The maximum atomic E-state index is 11.5. The second kappa shape index (κ2) is 7.75. The van der Waals surface area contributed by atoms with Crippen LogP contribution in [0.2, 0.25) is 0 Å². The van der Waals surface area contributed by atoms with Crippen LogP contribution in [-0.4, -0.2) is 31.9 Å². The van der Waals surface area contributed by atoms with Crippen LogP contribution >= 0.6 is 0 Å². The van der Waals surface area contributed by atoms with Crippen molar-refractivity contribution < 1.29 is 19.0 Å². The number of benzene rings is 1. The van der Waals surface area contributed by atoms with Gasteiger partial charge in [-0.1, -0.05) is 0 Å². The predicted octanol–water partition coefficient (Wildman–Crippen LogP) is 2.15. The van der Waals surface area contributed by atoms with Gasteiger partial charge in [-0.3, -0.25) is 4.79 Å². The summed E-state index contributed by atoms with van der Waals surface area (Å²) in [5, 5.41) is 0. The highest BCUT2D eigenvalue weighted by atomic mass is 16.5. The molecular weight excluding hydrogens is 258 g/mol. The molecule has 1 atom stereocenters. The zero-order valence-corrected chi connectivity index (χ0v) is 11.5. The lowest BCUT2D eigenvalue weighted by molar-refractivity contribution is -0.144. The van der Waals surface area contributed by atoms with Crippen molar-refractivity contribution in [3.63, 3.8) is 0 Å². The largest absolute Gasteiger partial charge is 0.493 e. The minimum atomic E-state index is -0.238. The van der Waals surface area contributed by atoms with Crippen LogP contribution in [0.5, 0.6) is 5.75 Å². The summed E-state index contributed by atoms with van der Waals surface area (Å²) in [5.41, 5.74) is 6.26. The fourth-order valence-electron chi connectivity index (χ4n) is 2.06. The number of hydrogen-bond acceptors (Lipinski definition) is 5. The van der Waals surface area contributed by atoms with E-state index in [9.17, 15) is 4.79 Å². The molecule has 5 heteroatoms. The maximum absolute atomic E-state index is 11.5. The molecule has 0 spiro atoms. The molecule has 1 aliphatic heterocycles. The average Bonchev–Trinajstić information content (AvgIpc) is 2.94. The molecule has 0 aromatic heterocycles. The smallest absolute Gasteiger partial charge is 0.309 e. The van der Waals surface area contributed by atoms with Gasteiger partial charge < -0.3 is 19.9 Å². The van der Waals surface area contributed by atoms with Crippen LogP contribution < -0.4 is 10.5 Å². The SMILES string of the molecule is Nc1ccc(OCCC(=O)OCCC2CCCO2)cc1. The number of anilines is 1. The molecule has 0 bridgehead atoms. The van der Waals surface area contributed by atoms with Crippen LogP contribution in [0, 0.1) is 0 Å². The van der Waals surface area contributed by atoms with E-state index in [2.05, 4.69) is 0 Å². The highest BCUT2D eigenvalue weighted by Gasteiger charge is 2.15. The second-order valence-electron chi connectivity index (χ2n) is 4.81. The lowest BCUT2D eigenvalue weighted by atomic mass is 10.2. The molecule has 110 valence electrons. The Labute approximate surface area is 119 Å². The average molecular weight is 279 g/mol. The predicted molar refractivity (Wildman–Crippen MR) is 75.5 cm³/mol. The van der Waals surface area contributed by atoms with E-state index in [1.54, 1.807) is 24.3 Å². The van der Waals surface area contributed by atoms with Crippen LogP contribution in [0.25, 0.3) is 0 Å². The molecule has 1 aliphatic rings. The van der Waals surface area contributed by atoms with Gasteiger partial charge in [0.1, 0.15) is 5.75 Å². The summed E-state index contributed by atoms with van der Waals surface area (Å²) in [6.45, 7) is 1.56. The van der Waals surface area contributed by atoms with Crippen molar-refractivity contribution in [3.8, 4) is 5.75 Å². The van der Waals surface area contributed by atoms with E-state index in [1.165, 1.54) is 0 Å². The quantitative estimate of drug-likeness (QED) is 0.611. The molecule has 1 heterocycles. The van der Waals surface area contributed by atoms with Gasteiger partial charge in [-0.25, -0.2) is 0 Å². The molecule has 1 saturated heterocycles. The Kier molecular flexibility index (Phi) is 5.68. The van der Waals surface area contributed by atoms with E-state index in [1.807, 2.05) is 0 Å². The second-order valence-corrected chi connectivity index (χ2v) is 4.81. The number of nitrogen functional groups attached to an aromatic ring is 1. The van der Waals surface area contributed by atoms with Crippen molar-refractivity contribution in [2.24, 2.45) is 0 Å². The third-order valence-electron chi connectivity index (χ3n) is 3.18. The van der Waals surface area contributed by atoms with Gasteiger partial charge in [-0.15, -0.1) is 0 Å². The third-order valence-corrected chi connectivity index (χ3v) is 3.18. The number of hydrogen-bond donors (Lipinski definition) is 1. The number of ether oxygens (including phenoxy) is 3. The minimum absolute atomic E-state index is 0.238. The van der Waals surface area contributed by atoms with Crippen LogP contribution in [0.15, 0.2) is 24.3 Å². The Morgan fingerprint density at radius 3 is 2.80 bits per heavy atom. The molecule has 0 amide bonds. The molecule has 2 N–H and O–H groups in total. The normalized spacial score (nSPS) is 17.9. The fraction of sp³-hybridized carbons (Fsp3) is 0.533. The molecule has 1 aromatic rings. The molecule has 2 rings (SSSR count). The van der Waals surface area contributed by atoms with Gasteiger partial charge in [0, 0.05) is 18.7 Å². The van der Waals surface area contributed by atoms with Gasteiger partial charge in [-0.05, 0) is 37.1 Å². The van der Waals surface area contributed by atoms with E-state index in [0.717, 1.165) is 25.9 Å². The number of nitrogens with two attached hydrogens (primary N) is 1. The zero-order valence-electron chi connectivity index (χ0n) is 11.5. The van der Waals surface area contributed by atoms with Crippen LogP contribution in [-0.2, 0) is 14.3 Å². The highest BCUT2D eigenvalue weighted by molar-refractivity contribution is 5.69. The summed E-state index contributed by atoms with van der Waals surface area (Å²) in [6.07, 6.45) is 3.46. The third kappa shape index (κ3) is 5.09. The van der Waals surface area contributed by atoms with Gasteiger partial charge in [-0.2, -0.15) is 0 Å². The standard InChI is InChI=1S/C15H21NO4/c16-12-3-5-14(6-4-12)19-11-8-15(17)20-10-7-13-2-1-9-18-13/h3-6,13H,1-2,7-11,16H2. The summed E-state index contributed by atoms with van der Waals surface area (Å²) in [7, 11) is 0. The van der Waals surface area contributed by atoms with Crippen LogP contribution in [0.3, 0.4) is 0 Å². The maximum Gasteiger partial charge on any atom is 0.309 e. The molecule has 1 fully saturated rings. The molecule has 1 aromatic carbocycles. The van der Waals surface area contributed by atoms with E-state index < -0.39 is 0 Å². The summed E-state index contributed by atoms with van der Waals surface area (Å²) in [6, 6.07) is 7.07. The van der Waals surface area contributed by atoms with E-state index in [0.29, 0.717) is 24.7 Å². The molecule has 0 radical (unpaired) electrons. The molecule has 5 nitrogen and oxygen atoms in total. The van der Waals surface area contributed by atoms with E-state index in [4.69, 9.17) is 19.9 Å². The first-order valence-corrected chi connectivity index (χ1v) is 6.99. The first-order chi connectivity index (χ1) is 9.74. The summed E-state index contributed by atoms with van der Waals surface area (Å²) in [5.74, 6) is 0.463. The molecule has 0 saturated carbocycles. The Morgan fingerprint density at radius 2 is 2.10 bits per heavy atom. The number of carbonyl (C=O) groups is 1. The van der Waals surface area contributed by atoms with Crippen molar-refractivity contribution in [3.05, 3.63) is 24.3 Å². The summed E-state index contributed by atoms with van der Waals surface area (Å²) >= 11 is 0. The van der Waals surface area contributed by atoms with Crippen molar-refractivity contribution in [1.82, 2.24) is 0 Å². The lowest BCUT2D eigenvalue weighted by Gasteiger charge is -2.10. The highest BCUT2D eigenvalue weighted by Crippen LogP contribution is 2.15. The molecule has 20 heavy (non-hydrogen) atoms. The molecule has 0 aliphatic carbocycles.